The third-order valence-corrected chi connectivity index (χ3v) is 13.8. The van der Waals surface area contributed by atoms with E-state index in [1.54, 1.807) is 0 Å². The van der Waals surface area contributed by atoms with Crippen LogP contribution in [0.3, 0.4) is 0 Å². The number of hydrogen-bond acceptors (Lipinski definition) is 6. The van der Waals surface area contributed by atoms with Gasteiger partial charge in [0.25, 0.3) is 0 Å². The Kier molecular flexibility index (Phi) is 11.5. The maximum absolute atomic E-state index is 5.56. The van der Waals surface area contributed by atoms with Crippen molar-refractivity contribution < 1.29 is 0 Å². The first-order valence-corrected chi connectivity index (χ1v) is 25.3. The molecule has 0 spiro atoms. The fraction of sp³-hybridized carbons (Fsp3) is 0.121. The molecule has 0 aliphatic carbocycles. The topological polar surface area (TPSA) is 66.9 Å². The normalized spacial score (nSPS) is 11.9. The van der Waals surface area contributed by atoms with Crippen molar-refractivity contribution in [2.45, 2.75) is 52.4 Å². The molecule has 0 aliphatic heterocycles. The van der Waals surface area contributed by atoms with Gasteiger partial charge in [-0.25, -0.2) is 19.9 Å². The molecule has 5 heterocycles. The van der Waals surface area contributed by atoms with Crippen molar-refractivity contribution in [3.63, 3.8) is 0 Å². The lowest BCUT2D eigenvalue weighted by Gasteiger charge is -2.30. The highest BCUT2D eigenvalue weighted by atomic mass is 15.1. The van der Waals surface area contributed by atoms with Gasteiger partial charge >= 0.3 is 0 Å². The van der Waals surface area contributed by atoms with E-state index in [0.717, 1.165) is 101 Å². The molecule has 12 rings (SSSR count). The van der Waals surface area contributed by atoms with Gasteiger partial charge in [-0.2, -0.15) is 0 Å². The van der Waals surface area contributed by atoms with Crippen molar-refractivity contribution in [2.24, 2.45) is 0 Å². The zero-order valence-electron chi connectivity index (χ0n) is 42.5. The van der Waals surface area contributed by atoms with Crippen LogP contribution in [0.25, 0.3) is 67.4 Å². The number of fused-ring (bicyclic) bond motifs is 3. The molecular weight excluding hydrogens is 905 g/mol. The maximum Gasteiger partial charge on any atom is 0.137 e. The van der Waals surface area contributed by atoms with Crippen LogP contribution in [-0.2, 0) is 10.8 Å². The van der Waals surface area contributed by atoms with Gasteiger partial charge in [0.05, 0.1) is 33.8 Å². The molecule has 0 aliphatic rings. The predicted octanol–water partition coefficient (Wildman–Crippen LogP) is 17.1. The molecule has 7 aromatic carbocycles. The molecule has 74 heavy (non-hydrogen) atoms. The molecule has 0 fully saturated rings. The van der Waals surface area contributed by atoms with Crippen LogP contribution in [0, 0.1) is 0 Å². The third-order valence-electron chi connectivity index (χ3n) is 13.8. The van der Waals surface area contributed by atoms with Crippen LogP contribution >= 0.6 is 0 Å². The first-order chi connectivity index (χ1) is 35.9. The molecule has 12 aromatic rings. The number of pyridine rings is 2. The van der Waals surface area contributed by atoms with Crippen LogP contribution in [0.5, 0.6) is 0 Å². The number of aromatic nitrogens is 6. The minimum Gasteiger partial charge on any atom is -0.311 e. The molecule has 0 saturated carbocycles. The van der Waals surface area contributed by atoms with E-state index in [2.05, 4.69) is 242 Å². The number of rotatable bonds is 10. The lowest BCUT2D eigenvalue weighted by molar-refractivity contribution is 0.531. The summed E-state index contributed by atoms with van der Waals surface area (Å²) < 4.78 is 4.11. The van der Waals surface area contributed by atoms with Crippen LogP contribution in [0.4, 0.5) is 34.1 Å². The lowest BCUT2D eigenvalue weighted by atomic mass is 9.75. The second kappa shape index (κ2) is 18.5. The van der Waals surface area contributed by atoms with Gasteiger partial charge in [0.2, 0.25) is 0 Å². The van der Waals surface area contributed by atoms with Gasteiger partial charge in [-0.05, 0) is 131 Å². The van der Waals surface area contributed by atoms with E-state index in [4.69, 9.17) is 19.9 Å². The van der Waals surface area contributed by atoms with E-state index < -0.39 is 0 Å². The van der Waals surface area contributed by atoms with E-state index in [-0.39, 0.29) is 10.8 Å². The second-order valence-corrected chi connectivity index (χ2v) is 21.0. The summed E-state index contributed by atoms with van der Waals surface area (Å²) in [5.41, 5.74) is 19.8. The Morgan fingerprint density at radius 2 is 0.635 bits per heavy atom. The van der Waals surface area contributed by atoms with Crippen molar-refractivity contribution in [1.82, 2.24) is 28.7 Å². The lowest BCUT2D eigenvalue weighted by Crippen LogP contribution is -2.22. The Morgan fingerprint density at radius 3 is 0.959 bits per heavy atom. The van der Waals surface area contributed by atoms with Crippen LogP contribution < -0.4 is 9.80 Å². The van der Waals surface area contributed by atoms with Gasteiger partial charge in [-0.3, -0.25) is 0 Å². The molecule has 0 radical (unpaired) electrons. The summed E-state index contributed by atoms with van der Waals surface area (Å²) in [6, 6.07) is 72.5. The van der Waals surface area contributed by atoms with Crippen LogP contribution in [0.1, 0.15) is 52.7 Å². The fourth-order valence-electron chi connectivity index (χ4n) is 10.0. The molecule has 0 amide bonds. The van der Waals surface area contributed by atoms with Crippen LogP contribution in [0.15, 0.2) is 231 Å². The molecular formula is C66H56N8. The molecule has 0 bridgehead atoms. The first kappa shape index (κ1) is 46.0. The molecule has 0 N–H and O–H groups in total. The largest absolute Gasteiger partial charge is 0.311 e. The Bertz CT molecular complexity index is 3610. The number of nitrogens with zero attached hydrogens (tertiary/aromatic N) is 8. The first-order valence-electron chi connectivity index (χ1n) is 25.3. The summed E-state index contributed by atoms with van der Waals surface area (Å²) in [6.45, 7) is 13.7. The Morgan fingerprint density at radius 1 is 0.324 bits per heavy atom. The Balaban J connectivity index is 0.940. The predicted molar refractivity (Wildman–Crippen MR) is 306 cm³/mol. The number of para-hydroxylation sites is 2. The highest BCUT2D eigenvalue weighted by molar-refractivity contribution is 5.89. The number of imidazole rings is 2. The van der Waals surface area contributed by atoms with Gasteiger partial charge in [-0.1, -0.05) is 139 Å². The minimum absolute atomic E-state index is 0.0976. The van der Waals surface area contributed by atoms with E-state index in [1.807, 2.05) is 48.8 Å². The summed E-state index contributed by atoms with van der Waals surface area (Å²) in [7, 11) is 0. The van der Waals surface area contributed by atoms with Crippen molar-refractivity contribution in [1.29, 1.82) is 0 Å². The third kappa shape index (κ3) is 8.85. The molecule has 360 valence electrons. The molecule has 8 heteroatoms. The summed E-state index contributed by atoms with van der Waals surface area (Å²) in [5.74, 6) is 0. The maximum atomic E-state index is 5.56. The number of anilines is 6. The van der Waals surface area contributed by atoms with Crippen LogP contribution in [-0.4, -0.2) is 28.7 Å². The van der Waals surface area contributed by atoms with Crippen molar-refractivity contribution in [3.8, 4) is 45.0 Å². The van der Waals surface area contributed by atoms with E-state index in [1.165, 1.54) is 11.1 Å². The zero-order chi connectivity index (χ0) is 50.6. The molecule has 0 atom stereocenters. The van der Waals surface area contributed by atoms with Crippen molar-refractivity contribution in [2.75, 3.05) is 9.80 Å². The standard InChI is InChI=1S/C66H56N8/c1-65(2,3)55-41-57-58(42-56(55)66(4,5)6)70-64(48-29-37-54(38-30-48)74(50-19-11-8-12-20-50)52-33-25-46(26-34-52)60-44-72-40-16-14-22-62(72)68-60)63(69-57)47-27-35-53(36-28-47)73(49-17-9-7-10-18-49)51-31-23-45(24-32-51)59-43-71-39-15-13-21-61(71)67-59/h7-44H,1-6H3. The van der Waals surface area contributed by atoms with Gasteiger partial charge in [-0.15, -0.1) is 0 Å². The van der Waals surface area contributed by atoms with Crippen molar-refractivity contribution >= 4 is 56.5 Å². The average Bonchev–Trinajstić information content (AvgIpc) is 4.07. The highest BCUT2D eigenvalue weighted by Gasteiger charge is 2.27. The fourth-order valence-corrected chi connectivity index (χ4v) is 10.0. The number of hydrogen-bond donors (Lipinski definition) is 0. The summed E-state index contributed by atoms with van der Waals surface area (Å²) in [5, 5.41) is 0. The summed E-state index contributed by atoms with van der Waals surface area (Å²) in [6.07, 6.45) is 8.21. The summed E-state index contributed by atoms with van der Waals surface area (Å²) >= 11 is 0. The van der Waals surface area contributed by atoms with Gasteiger partial charge in [0.15, 0.2) is 0 Å². The Hall–Kier alpha value is -9.14. The highest BCUT2D eigenvalue weighted by Crippen LogP contribution is 2.42. The monoisotopic (exact) mass is 960 g/mol. The summed E-state index contributed by atoms with van der Waals surface area (Å²) in [4.78, 5) is 25.5. The van der Waals surface area contributed by atoms with E-state index in [9.17, 15) is 0 Å². The van der Waals surface area contributed by atoms with E-state index >= 15 is 0 Å². The van der Waals surface area contributed by atoms with Gasteiger partial charge < -0.3 is 18.6 Å². The Labute approximate surface area is 432 Å². The molecule has 5 aromatic heterocycles. The van der Waals surface area contributed by atoms with E-state index in [0.29, 0.717) is 0 Å². The molecule has 0 saturated heterocycles. The average molecular weight is 961 g/mol. The quantitative estimate of drug-likeness (QED) is 0.136. The van der Waals surface area contributed by atoms with Gasteiger partial charge in [0.1, 0.15) is 11.3 Å². The van der Waals surface area contributed by atoms with Crippen molar-refractivity contribution in [3.05, 3.63) is 242 Å². The number of benzene rings is 7. The molecule has 8 nitrogen and oxygen atoms in total. The second-order valence-electron chi connectivity index (χ2n) is 21.0. The van der Waals surface area contributed by atoms with Gasteiger partial charge in [0, 0.05) is 81.2 Å². The van der Waals surface area contributed by atoms with Crippen LogP contribution in [0.2, 0.25) is 0 Å². The smallest absolute Gasteiger partial charge is 0.137 e. The zero-order valence-corrected chi connectivity index (χ0v) is 42.5. The molecule has 0 unspecified atom stereocenters. The SMILES string of the molecule is CC(C)(C)c1cc2nc(-c3ccc(N(c4ccccc4)c4ccc(-c5cn6ccccc6n5)cc4)cc3)c(-c3ccc(N(c4ccccc4)c4ccc(-c5cn6ccccc6n5)cc4)cc3)nc2cc1C(C)(C)C. The minimum atomic E-state index is -0.0976.